The second kappa shape index (κ2) is 4.24. The van der Waals surface area contributed by atoms with E-state index in [1.807, 2.05) is 13.8 Å². The summed E-state index contributed by atoms with van der Waals surface area (Å²) >= 11 is 0. The smallest absolute Gasteiger partial charge is 0.357 e. The van der Waals surface area contributed by atoms with Crippen molar-refractivity contribution in [2.24, 2.45) is 0 Å². The van der Waals surface area contributed by atoms with Crippen LogP contribution < -0.4 is 0 Å². The average Bonchev–Trinajstić information content (AvgIpc) is 2.72. The molecule has 0 fully saturated rings. The predicted octanol–water partition coefficient (Wildman–Crippen LogP) is 2.36. The molecule has 86 valence electrons. The van der Waals surface area contributed by atoms with E-state index < -0.39 is 0 Å². The fourth-order valence-corrected chi connectivity index (χ4v) is 2.32. The summed E-state index contributed by atoms with van der Waals surface area (Å²) in [6.07, 6.45) is 3.14. The number of esters is 1. The van der Waals surface area contributed by atoms with Crippen molar-refractivity contribution in [3.63, 3.8) is 0 Å². The van der Waals surface area contributed by atoms with Gasteiger partial charge in [-0.2, -0.15) is 0 Å². The van der Waals surface area contributed by atoms with Crippen molar-refractivity contribution in [3.8, 4) is 0 Å². The molecule has 0 spiro atoms. The van der Waals surface area contributed by atoms with Crippen LogP contribution in [0.25, 0.3) is 0 Å². The summed E-state index contributed by atoms with van der Waals surface area (Å²) in [5, 5.41) is 0. The second-order valence-corrected chi connectivity index (χ2v) is 4.20. The topological polar surface area (TPSA) is 39.2 Å². The number of rotatable bonds is 2. The van der Waals surface area contributed by atoms with Gasteiger partial charge in [-0.3, -0.25) is 0 Å². The molecule has 0 N–H and O–H groups in total. The van der Waals surface area contributed by atoms with Crippen molar-refractivity contribution in [1.29, 1.82) is 0 Å². The average molecular weight is 219 g/mol. The molecule has 0 amide bonds. The van der Waals surface area contributed by atoms with Gasteiger partial charge in [-0.05, 0) is 56.7 Å². The minimum atomic E-state index is -0.274. The fourth-order valence-electron chi connectivity index (χ4n) is 2.32. The number of hydrogen-bond donors (Lipinski definition) is 0. The van der Waals surface area contributed by atoms with E-state index in [4.69, 9.17) is 4.74 Å². The molecule has 0 unspecified atom stereocenters. The molecule has 0 aromatic carbocycles. The third-order valence-electron chi connectivity index (χ3n) is 3.25. The molecule has 2 rings (SSSR count). The first-order chi connectivity index (χ1) is 7.65. The first kappa shape index (κ1) is 11.1. The molecule has 1 aromatic rings. The van der Waals surface area contributed by atoms with Crippen molar-refractivity contribution in [2.45, 2.75) is 40.0 Å². The molecule has 16 heavy (non-hydrogen) atoms. The highest BCUT2D eigenvalue weighted by Gasteiger charge is 2.24. The van der Waals surface area contributed by atoms with E-state index >= 15 is 0 Å². The Morgan fingerprint density at radius 1 is 1.31 bits per heavy atom. The van der Waals surface area contributed by atoms with E-state index in [2.05, 4.69) is 11.9 Å². The number of nitrogens with zero attached hydrogens (tertiary/aromatic N) is 1. The number of hydrogen-bond acceptors (Lipinski definition) is 3. The lowest BCUT2D eigenvalue weighted by molar-refractivity contribution is 0.0518. The number of carbonyl (C=O) groups excluding carboxylic acids is 1. The summed E-state index contributed by atoms with van der Waals surface area (Å²) in [6, 6.07) is 0. The number of carbonyl (C=O) groups is 1. The normalized spacial score (nSPS) is 13.7. The summed E-state index contributed by atoms with van der Waals surface area (Å²) in [4.78, 5) is 16.2. The predicted molar refractivity (Wildman–Crippen MR) is 61.7 cm³/mol. The first-order valence-electron chi connectivity index (χ1n) is 5.81. The van der Waals surface area contributed by atoms with E-state index in [1.54, 1.807) is 0 Å². The van der Waals surface area contributed by atoms with Crippen molar-refractivity contribution < 1.29 is 9.53 Å². The lowest BCUT2D eigenvalue weighted by Crippen LogP contribution is -2.13. The van der Waals surface area contributed by atoms with Gasteiger partial charge in [0.2, 0.25) is 0 Å². The molecular weight excluding hydrogens is 202 g/mol. The Kier molecular flexibility index (Phi) is 2.95. The molecule has 0 saturated carbocycles. The third-order valence-corrected chi connectivity index (χ3v) is 3.25. The molecule has 1 aromatic heterocycles. The Hall–Kier alpha value is -1.38. The van der Waals surface area contributed by atoms with Crippen LogP contribution in [-0.4, -0.2) is 17.6 Å². The molecule has 0 aliphatic heterocycles. The highest BCUT2D eigenvalue weighted by Crippen LogP contribution is 2.29. The van der Waals surface area contributed by atoms with Crippen molar-refractivity contribution in [3.05, 3.63) is 28.1 Å². The molecular formula is C13H17NO2. The number of aromatic nitrogens is 1. The van der Waals surface area contributed by atoms with E-state index in [0.717, 1.165) is 30.5 Å². The zero-order chi connectivity index (χ0) is 11.7. The highest BCUT2D eigenvalue weighted by atomic mass is 16.5. The van der Waals surface area contributed by atoms with Crippen LogP contribution in [0.1, 0.15) is 46.2 Å². The van der Waals surface area contributed by atoms with Gasteiger partial charge in [0, 0.05) is 5.69 Å². The SMILES string of the molecule is CCOC(=O)c1nc(C)c(C)c2c1CCC2. The van der Waals surface area contributed by atoms with Crippen LogP contribution in [0.2, 0.25) is 0 Å². The van der Waals surface area contributed by atoms with Gasteiger partial charge in [-0.25, -0.2) is 9.78 Å². The van der Waals surface area contributed by atoms with Crippen LogP contribution >= 0.6 is 0 Å². The summed E-state index contributed by atoms with van der Waals surface area (Å²) in [6.45, 7) is 6.26. The minimum absolute atomic E-state index is 0.274. The minimum Gasteiger partial charge on any atom is -0.461 e. The molecule has 0 radical (unpaired) electrons. The van der Waals surface area contributed by atoms with Crippen LogP contribution in [0.4, 0.5) is 0 Å². The molecule has 3 nitrogen and oxygen atoms in total. The maximum atomic E-state index is 11.8. The second-order valence-electron chi connectivity index (χ2n) is 4.20. The number of aryl methyl sites for hydroxylation is 1. The Morgan fingerprint density at radius 2 is 2.00 bits per heavy atom. The lowest BCUT2D eigenvalue weighted by atomic mass is 10.0. The first-order valence-corrected chi connectivity index (χ1v) is 5.81. The summed E-state index contributed by atoms with van der Waals surface area (Å²) in [5.41, 5.74) is 5.15. The van der Waals surface area contributed by atoms with Gasteiger partial charge in [0.1, 0.15) is 0 Å². The van der Waals surface area contributed by atoms with Gasteiger partial charge in [0.05, 0.1) is 6.61 Å². The number of fused-ring (bicyclic) bond motifs is 1. The lowest BCUT2D eigenvalue weighted by Gasteiger charge is -2.11. The monoisotopic (exact) mass is 219 g/mol. The largest absolute Gasteiger partial charge is 0.461 e. The number of ether oxygens (including phenoxy) is 1. The van der Waals surface area contributed by atoms with Crippen LogP contribution in [0, 0.1) is 13.8 Å². The van der Waals surface area contributed by atoms with E-state index in [9.17, 15) is 4.79 Å². The van der Waals surface area contributed by atoms with Crippen molar-refractivity contribution >= 4 is 5.97 Å². The highest BCUT2D eigenvalue weighted by molar-refractivity contribution is 5.89. The molecule has 1 heterocycles. The van der Waals surface area contributed by atoms with Crippen LogP contribution in [-0.2, 0) is 17.6 Å². The van der Waals surface area contributed by atoms with E-state index in [1.165, 1.54) is 11.1 Å². The Labute approximate surface area is 95.8 Å². The third kappa shape index (κ3) is 1.70. The maximum Gasteiger partial charge on any atom is 0.357 e. The summed E-state index contributed by atoms with van der Waals surface area (Å²) in [7, 11) is 0. The van der Waals surface area contributed by atoms with Gasteiger partial charge in [0.15, 0.2) is 5.69 Å². The Bertz CT molecular complexity index is 438. The van der Waals surface area contributed by atoms with Gasteiger partial charge < -0.3 is 4.74 Å². The molecule has 0 bridgehead atoms. The fraction of sp³-hybridized carbons (Fsp3) is 0.538. The quantitative estimate of drug-likeness (QED) is 0.717. The van der Waals surface area contributed by atoms with Gasteiger partial charge >= 0.3 is 5.97 Å². The summed E-state index contributed by atoms with van der Waals surface area (Å²) in [5.74, 6) is -0.274. The van der Waals surface area contributed by atoms with Crippen LogP contribution in [0.3, 0.4) is 0 Å². The van der Waals surface area contributed by atoms with Gasteiger partial charge in [-0.15, -0.1) is 0 Å². The van der Waals surface area contributed by atoms with E-state index in [0.29, 0.717) is 12.3 Å². The van der Waals surface area contributed by atoms with Crippen LogP contribution in [0.5, 0.6) is 0 Å². The van der Waals surface area contributed by atoms with E-state index in [-0.39, 0.29) is 5.97 Å². The molecule has 3 heteroatoms. The number of pyridine rings is 1. The van der Waals surface area contributed by atoms with Crippen molar-refractivity contribution in [1.82, 2.24) is 4.98 Å². The molecule has 1 aliphatic rings. The standard InChI is InChI=1S/C13H17NO2/c1-4-16-13(15)12-11-7-5-6-10(11)8(2)9(3)14-12/h4-7H2,1-3H3. The Morgan fingerprint density at radius 3 is 2.69 bits per heavy atom. The zero-order valence-corrected chi connectivity index (χ0v) is 10.1. The van der Waals surface area contributed by atoms with Crippen molar-refractivity contribution in [2.75, 3.05) is 6.61 Å². The van der Waals surface area contributed by atoms with Crippen LogP contribution in [0.15, 0.2) is 0 Å². The van der Waals surface area contributed by atoms with Gasteiger partial charge in [0.25, 0.3) is 0 Å². The Balaban J connectivity index is 2.51. The molecule has 0 saturated heterocycles. The summed E-state index contributed by atoms with van der Waals surface area (Å²) < 4.78 is 5.05. The zero-order valence-electron chi connectivity index (χ0n) is 10.1. The molecule has 0 atom stereocenters. The molecule has 1 aliphatic carbocycles. The maximum absolute atomic E-state index is 11.8. The van der Waals surface area contributed by atoms with Gasteiger partial charge in [-0.1, -0.05) is 0 Å².